The number of rotatable bonds is 3. The molecule has 0 aromatic heterocycles. The largest absolute Gasteiger partial charge is 0.484 e. The van der Waals surface area contributed by atoms with Crippen molar-refractivity contribution in [3.8, 4) is 11.8 Å². The number of amides is 1. The van der Waals surface area contributed by atoms with Crippen LogP contribution in [0.2, 0.25) is 0 Å². The van der Waals surface area contributed by atoms with Gasteiger partial charge < -0.3 is 9.64 Å². The van der Waals surface area contributed by atoms with Gasteiger partial charge in [0, 0.05) is 19.4 Å². The van der Waals surface area contributed by atoms with Crippen LogP contribution in [-0.2, 0) is 11.2 Å². The molecular formula is C22H20N2O3. The minimum absolute atomic E-state index is 0.0751. The van der Waals surface area contributed by atoms with E-state index in [1.54, 1.807) is 18.2 Å². The monoisotopic (exact) mass is 360 g/mol. The van der Waals surface area contributed by atoms with Gasteiger partial charge in [-0.25, -0.2) is 0 Å². The van der Waals surface area contributed by atoms with E-state index in [1.807, 2.05) is 35.2 Å². The molecule has 5 heteroatoms. The fraction of sp³-hybridized carbons (Fsp3) is 0.318. The lowest BCUT2D eigenvalue weighted by atomic mass is 9.89. The molecule has 1 amide bonds. The molecule has 1 atom stereocenters. The number of aryl methyl sites for hydroxylation is 1. The number of nitrogens with zero attached hydrogens (tertiary/aromatic N) is 2. The van der Waals surface area contributed by atoms with Crippen LogP contribution in [0.15, 0.2) is 48.5 Å². The van der Waals surface area contributed by atoms with E-state index in [2.05, 4.69) is 6.07 Å². The van der Waals surface area contributed by atoms with E-state index in [4.69, 9.17) is 10.00 Å². The quantitative estimate of drug-likeness (QED) is 0.843. The molecular weight excluding hydrogens is 340 g/mol. The molecule has 0 N–H and O–H groups in total. The van der Waals surface area contributed by atoms with Crippen molar-refractivity contribution in [2.24, 2.45) is 0 Å². The Morgan fingerprint density at radius 1 is 1.19 bits per heavy atom. The Morgan fingerprint density at radius 2 is 1.96 bits per heavy atom. The molecule has 2 aliphatic heterocycles. The average molecular weight is 360 g/mol. The number of para-hydroxylation sites is 1. The maximum absolute atomic E-state index is 12.6. The number of fused-ring (bicyclic) bond motifs is 1. The van der Waals surface area contributed by atoms with Crippen LogP contribution in [0.25, 0.3) is 0 Å². The number of carbonyl (C=O) groups excluding carboxylic acids is 2. The smallest absolute Gasteiger partial charge is 0.223 e. The number of Topliss-reactive ketones (excluding diaryl/α,β-unsaturated/α-hetero) is 1. The number of nitriles is 1. The highest BCUT2D eigenvalue weighted by atomic mass is 16.5. The molecule has 0 saturated carbocycles. The van der Waals surface area contributed by atoms with Crippen molar-refractivity contribution < 1.29 is 14.3 Å². The van der Waals surface area contributed by atoms with Gasteiger partial charge in [0.1, 0.15) is 11.4 Å². The van der Waals surface area contributed by atoms with Crippen molar-refractivity contribution >= 4 is 11.7 Å². The topological polar surface area (TPSA) is 70.4 Å². The number of hydrogen-bond donors (Lipinski definition) is 0. The van der Waals surface area contributed by atoms with Crippen LogP contribution in [0.4, 0.5) is 0 Å². The lowest BCUT2D eigenvalue weighted by Crippen LogP contribution is -2.45. The molecule has 1 spiro atoms. The average Bonchev–Trinajstić information content (AvgIpc) is 3.09. The van der Waals surface area contributed by atoms with Crippen LogP contribution in [0, 0.1) is 11.3 Å². The zero-order valence-electron chi connectivity index (χ0n) is 15.0. The van der Waals surface area contributed by atoms with Gasteiger partial charge in [0.15, 0.2) is 5.78 Å². The van der Waals surface area contributed by atoms with Gasteiger partial charge in [-0.05, 0) is 36.2 Å². The first-order valence-electron chi connectivity index (χ1n) is 9.17. The summed E-state index contributed by atoms with van der Waals surface area (Å²) in [5.74, 6) is 0.788. The van der Waals surface area contributed by atoms with E-state index in [0.29, 0.717) is 55.6 Å². The molecule has 0 aliphatic carbocycles. The SMILES string of the molecule is N#Cc1ccc(CCC(=O)N2CCC3(CC(=O)c4ccccc4O3)C2)cc1. The molecule has 2 heterocycles. The Balaban J connectivity index is 1.38. The standard InChI is InChI=1S/C22H20N2O3/c23-14-17-7-5-16(6-8-17)9-10-21(26)24-12-11-22(15-24)13-19(25)18-3-1-2-4-20(18)27-22/h1-8H,9-13,15H2. The normalized spacial score (nSPS) is 20.9. The first-order valence-corrected chi connectivity index (χ1v) is 9.17. The first kappa shape index (κ1) is 17.3. The molecule has 5 nitrogen and oxygen atoms in total. The lowest BCUT2D eigenvalue weighted by Gasteiger charge is -2.34. The highest BCUT2D eigenvalue weighted by Crippen LogP contribution is 2.38. The van der Waals surface area contributed by atoms with Crippen LogP contribution in [0.5, 0.6) is 5.75 Å². The van der Waals surface area contributed by atoms with Gasteiger partial charge in [0.2, 0.25) is 5.91 Å². The van der Waals surface area contributed by atoms with Crippen molar-refractivity contribution in [3.63, 3.8) is 0 Å². The molecule has 4 rings (SSSR count). The van der Waals surface area contributed by atoms with E-state index in [9.17, 15) is 9.59 Å². The summed E-state index contributed by atoms with van der Waals surface area (Å²) in [6.07, 6.45) is 2.04. The number of ether oxygens (including phenoxy) is 1. The van der Waals surface area contributed by atoms with E-state index in [-0.39, 0.29) is 11.7 Å². The van der Waals surface area contributed by atoms with Crippen LogP contribution in [0.3, 0.4) is 0 Å². The van der Waals surface area contributed by atoms with Gasteiger partial charge >= 0.3 is 0 Å². The van der Waals surface area contributed by atoms with Crippen LogP contribution >= 0.6 is 0 Å². The summed E-state index contributed by atoms with van der Waals surface area (Å²) in [5, 5.41) is 8.84. The van der Waals surface area contributed by atoms with E-state index in [1.165, 1.54) is 0 Å². The molecule has 2 aromatic carbocycles. The van der Waals surface area contributed by atoms with Crippen molar-refractivity contribution in [2.45, 2.75) is 31.3 Å². The van der Waals surface area contributed by atoms with Gasteiger partial charge in [-0.3, -0.25) is 9.59 Å². The molecule has 27 heavy (non-hydrogen) atoms. The number of likely N-dealkylation sites (tertiary alicyclic amines) is 1. The summed E-state index contributed by atoms with van der Waals surface area (Å²) < 4.78 is 6.17. The Morgan fingerprint density at radius 3 is 2.74 bits per heavy atom. The number of ketones is 1. The van der Waals surface area contributed by atoms with Crippen LogP contribution in [-0.4, -0.2) is 35.3 Å². The second-order valence-corrected chi connectivity index (χ2v) is 7.26. The third kappa shape index (κ3) is 3.43. The van der Waals surface area contributed by atoms with Gasteiger partial charge in [-0.15, -0.1) is 0 Å². The molecule has 0 bridgehead atoms. The maximum Gasteiger partial charge on any atom is 0.223 e. The minimum atomic E-state index is -0.588. The predicted octanol–water partition coefficient (Wildman–Crippen LogP) is 3.13. The highest BCUT2D eigenvalue weighted by Gasteiger charge is 2.46. The Hall–Kier alpha value is -3.13. The zero-order valence-corrected chi connectivity index (χ0v) is 15.0. The lowest BCUT2D eigenvalue weighted by molar-refractivity contribution is -0.130. The van der Waals surface area contributed by atoms with Gasteiger partial charge in [-0.1, -0.05) is 24.3 Å². The molecule has 0 radical (unpaired) electrons. The van der Waals surface area contributed by atoms with E-state index < -0.39 is 5.60 Å². The molecule has 136 valence electrons. The zero-order chi connectivity index (χ0) is 18.9. The summed E-state index contributed by atoms with van der Waals surface area (Å²) in [6, 6.07) is 16.7. The maximum atomic E-state index is 12.6. The summed E-state index contributed by atoms with van der Waals surface area (Å²) in [6.45, 7) is 1.07. The molecule has 2 aromatic rings. The van der Waals surface area contributed by atoms with E-state index in [0.717, 1.165) is 5.56 Å². The Bertz CT molecular complexity index is 929. The second kappa shape index (κ2) is 6.88. The van der Waals surface area contributed by atoms with Gasteiger partial charge in [0.25, 0.3) is 0 Å². The third-order valence-corrected chi connectivity index (χ3v) is 5.38. The third-order valence-electron chi connectivity index (χ3n) is 5.38. The van der Waals surface area contributed by atoms with Gasteiger partial charge in [0.05, 0.1) is 30.2 Å². The summed E-state index contributed by atoms with van der Waals surface area (Å²) >= 11 is 0. The fourth-order valence-corrected chi connectivity index (χ4v) is 3.88. The Labute approximate surface area is 158 Å². The molecule has 1 unspecified atom stereocenters. The van der Waals surface area contributed by atoms with Crippen LogP contribution in [0.1, 0.15) is 40.7 Å². The predicted molar refractivity (Wildman–Crippen MR) is 99.4 cm³/mol. The summed E-state index contributed by atoms with van der Waals surface area (Å²) in [5.41, 5.74) is 1.70. The summed E-state index contributed by atoms with van der Waals surface area (Å²) in [7, 11) is 0. The molecule has 1 saturated heterocycles. The minimum Gasteiger partial charge on any atom is -0.484 e. The first-order chi connectivity index (χ1) is 13.1. The number of carbonyl (C=O) groups is 2. The van der Waals surface area contributed by atoms with Crippen molar-refractivity contribution in [1.29, 1.82) is 5.26 Å². The fourth-order valence-electron chi connectivity index (χ4n) is 3.88. The number of benzene rings is 2. The van der Waals surface area contributed by atoms with Gasteiger partial charge in [-0.2, -0.15) is 5.26 Å². The molecule has 2 aliphatic rings. The van der Waals surface area contributed by atoms with Crippen molar-refractivity contribution in [1.82, 2.24) is 4.90 Å². The highest BCUT2D eigenvalue weighted by molar-refractivity contribution is 6.00. The van der Waals surface area contributed by atoms with Crippen molar-refractivity contribution in [2.75, 3.05) is 13.1 Å². The van der Waals surface area contributed by atoms with E-state index >= 15 is 0 Å². The van der Waals surface area contributed by atoms with Crippen molar-refractivity contribution in [3.05, 3.63) is 65.2 Å². The summed E-state index contributed by atoms with van der Waals surface area (Å²) in [4.78, 5) is 26.9. The number of hydrogen-bond acceptors (Lipinski definition) is 4. The second-order valence-electron chi connectivity index (χ2n) is 7.26. The Kier molecular flexibility index (Phi) is 4.41. The molecule has 1 fully saturated rings. The van der Waals surface area contributed by atoms with Crippen LogP contribution < -0.4 is 4.74 Å².